The fourth-order valence-electron chi connectivity index (χ4n) is 4.82. The van der Waals surface area contributed by atoms with Crippen molar-refractivity contribution in [2.24, 2.45) is 11.8 Å². The molecular formula is C22H26F3N3O4. The number of hydrogen-bond donors (Lipinski definition) is 1. The summed E-state index contributed by atoms with van der Waals surface area (Å²) >= 11 is 0. The molecule has 32 heavy (non-hydrogen) atoms. The van der Waals surface area contributed by atoms with Gasteiger partial charge in [0.25, 0.3) is 0 Å². The Hall–Kier alpha value is -2.62. The lowest BCUT2D eigenvalue weighted by Gasteiger charge is -2.31. The number of likely N-dealkylation sites (tertiary alicyclic amines) is 1. The molecule has 7 nitrogen and oxygen atoms in total. The molecule has 3 aliphatic rings. The molecule has 0 unspecified atom stereocenters. The molecule has 1 N–H and O–H groups in total. The van der Waals surface area contributed by atoms with Crippen molar-refractivity contribution < 1.29 is 32.3 Å². The van der Waals surface area contributed by atoms with Gasteiger partial charge in [-0.2, -0.15) is 13.2 Å². The van der Waals surface area contributed by atoms with Crippen molar-refractivity contribution in [1.82, 2.24) is 4.90 Å². The molecule has 3 fully saturated rings. The molecule has 0 bridgehead atoms. The van der Waals surface area contributed by atoms with Gasteiger partial charge in [-0.05, 0) is 38.0 Å². The van der Waals surface area contributed by atoms with E-state index in [2.05, 4.69) is 5.32 Å². The molecule has 2 aliphatic heterocycles. The number of nitrogens with one attached hydrogen (secondary N) is 1. The van der Waals surface area contributed by atoms with Crippen LogP contribution < -0.4 is 10.2 Å². The van der Waals surface area contributed by atoms with E-state index in [1.165, 1.54) is 13.0 Å². The molecule has 2 heterocycles. The number of morpholine rings is 1. The zero-order chi connectivity index (χ0) is 23.0. The molecule has 4 rings (SSSR count). The van der Waals surface area contributed by atoms with Crippen molar-refractivity contribution in [2.45, 2.75) is 44.8 Å². The predicted octanol–water partition coefficient (Wildman–Crippen LogP) is 3.04. The summed E-state index contributed by atoms with van der Waals surface area (Å²) in [5.74, 6) is -2.22. The molecule has 1 aromatic carbocycles. The van der Waals surface area contributed by atoms with E-state index in [1.807, 2.05) is 4.90 Å². The number of nitrogens with zero attached hydrogens (tertiary/aromatic N) is 2. The monoisotopic (exact) mass is 453 g/mol. The highest BCUT2D eigenvalue weighted by atomic mass is 19.4. The van der Waals surface area contributed by atoms with Gasteiger partial charge < -0.3 is 15.0 Å². The minimum absolute atomic E-state index is 0.00455. The zero-order valence-electron chi connectivity index (χ0n) is 17.8. The van der Waals surface area contributed by atoms with Gasteiger partial charge in [0.1, 0.15) is 6.04 Å². The number of alkyl halides is 3. The van der Waals surface area contributed by atoms with Crippen LogP contribution in [0.15, 0.2) is 18.2 Å². The van der Waals surface area contributed by atoms with Gasteiger partial charge in [-0.3, -0.25) is 19.3 Å². The van der Waals surface area contributed by atoms with Crippen molar-refractivity contribution >= 4 is 29.1 Å². The first-order valence-electron chi connectivity index (χ1n) is 10.9. The lowest BCUT2D eigenvalue weighted by atomic mass is 9.81. The van der Waals surface area contributed by atoms with Gasteiger partial charge in [-0.25, -0.2) is 0 Å². The lowest BCUT2D eigenvalue weighted by Crippen LogP contribution is -2.46. The van der Waals surface area contributed by atoms with E-state index in [-0.39, 0.29) is 17.5 Å². The molecule has 3 amide bonds. The Balaban J connectivity index is 1.58. The van der Waals surface area contributed by atoms with E-state index in [4.69, 9.17) is 4.74 Å². The van der Waals surface area contributed by atoms with Crippen LogP contribution in [-0.2, 0) is 25.3 Å². The SMILES string of the molecule is C[C@@H](C(=O)Nc1cc(C(F)(F)F)ccc1N1CCOCC1)N1C(=O)[C@H]2CCCC[C@@H]2C1=O. The summed E-state index contributed by atoms with van der Waals surface area (Å²) in [6, 6.07) is 2.08. The molecule has 3 atom stereocenters. The first kappa shape index (κ1) is 22.6. The van der Waals surface area contributed by atoms with Crippen LogP contribution in [0.2, 0.25) is 0 Å². The highest BCUT2D eigenvalue weighted by Crippen LogP contribution is 2.39. The Morgan fingerprint density at radius 3 is 2.25 bits per heavy atom. The molecule has 1 saturated carbocycles. The summed E-state index contributed by atoms with van der Waals surface area (Å²) in [6.07, 6.45) is -1.61. The highest BCUT2D eigenvalue weighted by Gasteiger charge is 2.50. The normalized spacial score (nSPS) is 25.0. The van der Waals surface area contributed by atoms with Gasteiger partial charge in [0.05, 0.1) is 42.0 Å². The van der Waals surface area contributed by atoms with Crippen LogP contribution in [0.25, 0.3) is 0 Å². The van der Waals surface area contributed by atoms with Crippen LogP contribution >= 0.6 is 0 Å². The van der Waals surface area contributed by atoms with Crippen molar-refractivity contribution in [3.05, 3.63) is 23.8 Å². The third-order valence-electron chi connectivity index (χ3n) is 6.58. The Bertz CT molecular complexity index is 890. The average Bonchev–Trinajstić information content (AvgIpc) is 3.03. The molecule has 1 aromatic rings. The Morgan fingerprint density at radius 1 is 1.09 bits per heavy atom. The first-order valence-corrected chi connectivity index (χ1v) is 10.9. The van der Waals surface area contributed by atoms with E-state index in [1.54, 1.807) is 0 Å². The number of benzene rings is 1. The number of halogens is 3. The summed E-state index contributed by atoms with van der Waals surface area (Å²) in [4.78, 5) is 41.5. The molecule has 10 heteroatoms. The van der Waals surface area contributed by atoms with Gasteiger partial charge in [-0.1, -0.05) is 12.8 Å². The van der Waals surface area contributed by atoms with E-state index >= 15 is 0 Å². The Kier molecular flexibility index (Phi) is 6.15. The molecule has 2 saturated heterocycles. The smallest absolute Gasteiger partial charge is 0.378 e. The third kappa shape index (κ3) is 4.20. The van der Waals surface area contributed by atoms with Crippen LogP contribution in [0.1, 0.15) is 38.2 Å². The molecular weight excluding hydrogens is 427 g/mol. The summed E-state index contributed by atoms with van der Waals surface area (Å²) < 4.78 is 45.2. The second-order valence-electron chi connectivity index (χ2n) is 8.54. The summed E-state index contributed by atoms with van der Waals surface area (Å²) in [5, 5.41) is 2.55. The second-order valence-corrected chi connectivity index (χ2v) is 8.54. The number of ether oxygens (including phenoxy) is 1. The van der Waals surface area contributed by atoms with Crippen LogP contribution in [0, 0.1) is 11.8 Å². The molecule has 1 aliphatic carbocycles. The summed E-state index contributed by atoms with van der Waals surface area (Å²) in [5.41, 5.74) is -0.457. The van der Waals surface area contributed by atoms with E-state index in [9.17, 15) is 27.6 Å². The topological polar surface area (TPSA) is 79.0 Å². The molecule has 0 radical (unpaired) electrons. The predicted molar refractivity (Wildman–Crippen MR) is 110 cm³/mol. The molecule has 174 valence electrons. The van der Waals surface area contributed by atoms with E-state index < -0.39 is 35.5 Å². The van der Waals surface area contributed by atoms with Crippen LogP contribution in [0.5, 0.6) is 0 Å². The number of carbonyl (C=O) groups excluding carboxylic acids is 3. The Morgan fingerprint density at radius 2 is 1.69 bits per heavy atom. The molecule has 0 aromatic heterocycles. The second kappa shape index (κ2) is 8.73. The maximum Gasteiger partial charge on any atom is 0.416 e. The quantitative estimate of drug-likeness (QED) is 0.709. The largest absolute Gasteiger partial charge is 0.416 e. The van der Waals surface area contributed by atoms with Gasteiger partial charge in [-0.15, -0.1) is 0 Å². The maximum absolute atomic E-state index is 13.3. The maximum atomic E-state index is 13.3. The fraction of sp³-hybridized carbons (Fsp3) is 0.591. The minimum Gasteiger partial charge on any atom is -0.378 e. The number of imide groups is 1. The van der Waals surface area contributed by atoms with Crippen molar-refractivity contribution in [2.75, 3.05) is 36.5 Å². The first-order chi connectivity index (χ1) is 15.2. The number of amides is 3. The van der Waals surface area contributed by atoms with Gasteiger partial charge in [0, 0.05) is 13.1 Å². The minimum atomic E-state index is -4.58. The zero-order valence-corrected chi connectivity index (χ0v) is 17.8. The molecule has 0 spiro atoms. The summed E-state index contributed by atoms with van der Waals surface area (Å²) in [6.45, 7) is 3.21. The van der Waals surface area contributed by atoms with Crippen LogP contribution in [0.3, 0.4) is 0 Å². The number of hydrogen-bond acceptors (Lipinski definition) is 5. The van der Waals surface area contributed by atoms with Gasteiger partial charge in [0.15, 0.2) is 0 Å². The van der Waals surface area contributed by atoms with Crippen molar-refractivity contribution in [3.63, 3.8) is 0 Å². The van der Waals surface area contributed by atoms with Crippen LogP contribution in [-0.4, -0.2) is 55.0 Å². The standard InChI is InChI=1S/C22H26F3N3O4/c1-13(28-20(30)15-4-2-3-5-16(15)21(28)31)19(29)26-17-12-14(22(23,24)25)6-7-18(17)27-8-10-32-11-9-27/h6-7,12-13,15-16H,2-5,8-11H2,1H3,(H,26,29)/t13-,15-,16-/m0/s1. The number of rotatable bonds is 4. The van der Waals surface area contributed by atoms with Crippen LogP contribution in [0.4, 0.5) is 24.5 Å². The average molecular weight is 453 g/mol. The van der Waals surface area contributed by atoms with Crippen molar-refractivity contribution in [1.29, 1.82) is 0 Å². The highest BCUT2D eigenvalue weighted by molar-refractivity contribution is 6.10. The van der Waals surface area contributed by atoms with E-state index in [0.29, 0.717) is 44.8 Å². The summed E-state index contributed by atoms with van der Waals surface area (Å²) in [7, 11) is 0. The van der Waals surface area contributed by atoms with Gasteiger partial charge in [0.2, 0.25) is 17.7 Å². The lowest BCUT2D eigenvalue weighted by molar-refractivity contribution is -0.146. The van der Waals surface area contributed by atoms with Gasteiger partial charge >= 0.3 is 6.18 Å². The third-order valence-corrected chi connectivity index (χ3v) is 6.58. The number of fused-ring (bicyclic) bond motifs is 1. The number of carbonyl (C=O) groups is 3. The van der Waals surface area contributed by atoms with E-state index in [0.717, 1.165) is 29.9 Å². The fourth-order valence-corrected chi connectivity index (χ4v) is 4.82. The number of anilines is 2. The van der Waals surface area contributed by atoms with Crippen molar-refractivity contribution in [3.8, 4) is 0 Å². The Labute approximate surface area is 183 Å².